The SMILES string of the molecule is CN(C1CCOC1)S(=O)(=O)c1c(F)cc(F)cc1Br. The van der Waals surface area contributed by atoms with Gasteiger partial charge in [-0.25, -0.2) is 17.2 Å². The zero-order chi connectivity index (χ0) is 14.2. The number of hydrogen-bond acceptors (Lipinski definition) is 3. The van der Waals surface area contributed by atoms with Gasteiger partial charge in [-0.1, -0.05) is 0 Å². The summed E-state index contributed by atoms with van der Waals surface area (Å²) < 4.78 is 57.5. The van der Waals surface area contributed by atoms with Crippen LogP contribution in [0.4, 0.5) is 8.78 Å². The van der Waals surface area contributed by atoms with Gasteiger partial charge in [0.15, 0.2) is 0 Å². The third kappa shape index (κ3) is 2.81. The predicted octanol–water partition coefficient (Wildman–Crippen LogP) is 2.14. The van der Waals surface area contributed by atoms with Gasteiger partial charge in [0.25, 0.3) is 0 Å². The third-order valence-corrected chi connectivity index (χ3v) is 5.90. The molecule has 1 aromatic carbocycles. The maximum atomic E-state index is 13.7. The van der Waals surface area contributed by atoms with E-state index in [1.807, 2.05) is 0 Å². The molecule has 0 amide bonds. The van der Waals surface area contributed by atoms with E-state index in [4.69, 9.17) is 4.74 Å². The topological polar surface area (TPSA) is 46.6 Å². The molecular formula is C11H12BrF2NO3S. The van der Waals surface area contributed by atoms with Crippen LogP contribution in [-0.2, 0) is 14.8 Å². The summed E-state index contributed by atoms with van der Waals surface area (Å²) in [7, 11) is -2.67. The van der Waals surface area contributed by atoms with Gasteiger partial charge in [0, 0.05) is 24.2 Å². The molecule has 1 heterocycles. The standard InChI is InChI=1S/C11H12BrF2NO3S/c1-15(8-2-3-18-6-8)19(16,17)11-9(12)4-7(13)5-10(11)14/h4-5,8H,2-3,6H2,1H3. The van der Waals surface area contributed by atoms with Crippen molar-refractivity contribution < 1.29 is 21.9 Å². The zero-order valence-corrected chi connectivity index (χ0v) is 12.5. The fraction of sp³-hybridized carbons (Fsp3) is 0.455. The summed E-state index contributed by atoms with van der Waals surface area (Å²) in [4.78, 5) is -0.552. The Hall–Kier alpha value is -0.570. The summed E-state index contributed by atoms with van der Waals surface area (Å²) in [6.45, 7) is 0.744. The lowest BCUT2D eigenvalue weighted by atomic mass is 10.3. The molecule has 0 bridgehead atoms. The fourth-order valence-electron chi connectivity index (χ4n) is 1.92. The van der Waals surface area contributed by atoms with E-state index in [-0.39, 0.29) is 17.1 Å². The zero-order valence-electron chi connectivity index (χ0n) is 10.1. The normalized spacial score (nSPS) is 20.2. The largest absolute Gasteiger partial charge is 0.380 e. The molecule has 106 valence electrons. The molecule has 1 fully saturated rings. The van der Waals surface area contributed by atoms with Gasteiger partial charge in [-0.2, -0.15) is 4.31 Å². The fourth-order valence-corrected chi connectivity index (χ4v) is 4.40. The first-order valence-corrected chi connectivity index (χ1v) is 7.77. The van der Waals surface area contributed by atoms with Gasteiger partial charge in [-0.3, -0.25) is 0 Å². The van der Waals surface area contributed by atoms with Crippen molar-refractivity contribution in [1.29, 1.82) is 0 Å². The van der Waals surface area contributed by atoms with Crippen LogP contribution >= 0.6 is 15.9 Å². The molecule has 0 N–H and O–H groups in total. The molecule has 0 radical (unpaired) electrons. The summed E-state index contributed by atoms with van der Waals surface area (Å²) >= 11 is 2.89. The first-order valence-electron chi connectivity index (χ1n) is 5.54. The van der Waals surface area contributed by atoms with E-state index >= 15 is 0 Å². The van der Waals surface area contributed by atoms with Crippen LogP contribution < -0.4 is 0 Å². The van der Waals surface area contributed by atoms with Crippen LogP contribution in [0.15, 0.2) is 21.5 Å². The minimum absolute atomic E-state index is 0.129. The number of likely N-dealkylation sites (N-methyl/N-ethyl adjacent to an activating group) is 1. The van der Waals surface area contributed by atoms with Crippen molar-refractivity contribution in [2.45, 2.75) is 17.4 Å². The maximum Gasteiger partial charge on any atom is 0.247 e. The van der Waals surface area contributed by atoms with E-state index in [2.05, 4.69) is 15.9 Å². The Bertz CT molecular complexity index is 565. The molecule has 1 saturated heterocycles. The Morgan fingerprint density at radius 2 is 2.11 bits per heavy atom. The van der Waals surface area contributed by atoms with Crippen LogP contribution in [0.5, 0.6) is 0 Å². The third-order valence-electron chi connectivity index (χ3n) is 3.02. The molecule has 8 heteroatoms. The van der Waals surface area contributed by atoms with Crippen LogP contribution in [0.25, 0.3) is 0 Å². The van der Waals surface area contributed by atoms with Gasteiger partial charge in [0.1, 0.15) is 16.5 Å². The van der Waals surface area contributed by atoms with Gasteiger partial charge in [-0.05, 0) is 28.4 Å². The summed E-state index contributed by atoms with van der Waals surface area (Å²) in [6, 6.07) is 1.15. The van der Waals surface area contributed by atoms with E-state index in [1.165, 1.54) is 7.05 Å². The number of hydrogen-bond donors (Lipinski definition) is 0. The van der Waals surface area contributed by atoms with Gasteiger partial charge < -0.3 is 4.74 Å². The van der Waals surface area contributed by atoms with Crippen LogP contribution in [-0.4, -0.2) is 39.0 Å². The number of sulfonamides is 1. The molecule has 1 aromatic rings. The van der Waals surface area contributed by atoms with Crippen molar-refractivity contribution in [2.75, 3.05) is 20.3 Å². The van der Waals surface area contributed by atoms with E-state index in [9.17, 15) is 17.2 Å². The highest BCUT2D eigenvalue weighted by Crippen LogP contribution is 2.30. The van der Waals surface area contributed by atoms with E-state index in [0.29, 0.717) is 19.1 Å². The molecule has 1 aliphatic rings. The highest BCUT2D eigenvalue weighted by Gasteiger charge is 2.34. The molecule has 0 saturated carbocycles. The van der Waals surface area contributed by atoms with Gasteiger partial charge >= 0.3 is 0 Å². The van der Waals surface area contributed by atoms with E-state index in [0.717, 1.165) is 10.4 Å². The molecule has 19 heavy (non-hydrogen) atoms. The minimum Gasteiger partial charge on any atom is -0.380 e. The molecule has 4 nitrogen and oxygen atoms in total. The second-order valence-electron chi connectivity index (χ2n) is 4.24. The molecule has 0 aromatic heterocycles. The molecule has 1 atom stereocenters. The Labute approximate surface area is 118 Å². The highest BCUT2D eigenvalue weighted by molar-refractivity contribution is 9.10. The number of rotatable bonds is 3. The van der Waals surface area contributed by atoms with Crippen molar-refractivity contribution >= 4 is 26.0 Å². The van der Waals surface area contributed by atoms with Crippen molar-refractivity contribution in [2.24, 2.45) is 0 Å². The van der Waals surface area contributed by atoms with E-state index < -0.39 is 26.6 Å². The summed E-state index contributed by atoms with van der Waals surface area (Å²) in [5, 5.41) is 0. The lowest BCUT2D eigenvalue weighted by molar-refractivity contribution is 0.180. The van der Waals surface area contributed by atoms with Crippen LogP contribution in [0.1, 0.15) is 6.42 Å². The summed E-state index contributed by atoms with van der Waals surface area (Å²) in [5.41, 5.74) is 0. The van der Waals surface area contributed by atoms with Crippen LogP contribution in [0.3, 0.4) is 0 Å². The van der Waals surface area contributed by atoms with Crippen molar-refractivity contribution in [3.8, 4) is 0 Å². The number of halogens is 3. The molecule has 0 spiro atoms. The Kier molecular flexibility index (Phi) is 4.24. The predicted molar refractivity (Wildman–Crippen MR) is 68.2 cm³/mol. The van der Waals surface area contributed by atoms with Crippen LogP contribution in [0.2, 0.25) is 0 Å². The first-order chi connectivity index (χ1) is 8.84. The second kappa shape index (κ2) is 5.43. The minimum atomic E-state index is -4.04. The summed E-state index contributed by atoms with van der Waals surface area (Å²) in [6.07, 6.45) is 0.552. The number of nitrogens with zero attached hydrogens (tertiary/aromatic N) is 1. The highest BCUT2D eigenvalue weighted by atomic mass is 79.9. The lowest BCUT2D eigenvalue weighted by Crippen LogP contribution is -2.37. The van der Waals surface area contributed by atoms with E-state index in [1.54, 1.807) is 0 Å². The van der Waals surface area contributed by atoms with Crippen molar-refractivity contribution in [1.82, 2.24) is 4.31 Å². The summed E-state index contributed by atoms with van der Waals surface area (Å²) in [5.74, 6) is -1.95. The molecule has 0 aliphatic carbocycles. The molecule has 1 unspecified atom stereocenters. The van der Waals surface area contributed by atoms with Crippen molar-refractivity contribution in [3.05, 3.63) is 28.2 Å². The van der Waals surface area contributed by atoms with Crippen molar-refractivity contribution in [3.63, 3.8) is 0 Å². The molecule has 1 aliphatic heterocycles. The monoisotopic (exact) mass is 355 g/mol. The van der Waals surface area contributed by atoms with Gasteiger partial charge in [-0.15, -0.1) is 0 Å². The van der Waals surface area contributed by atoms with Gasteiger partial charge in [0.05, 0.1) is 12.6 Å². The Morgan fingerprint density at radius 3 is 2.63 bits per heavy atom. The Balaban J connectivity index is 2.44. The quantitative estimate of drug-likeness (QED) is 0.834. The Morgan fingerprint density at radius 1 is 1.42 bits per heavy atom. The van der Waals surface area contributed by atoms with Crippen LogP contribution in [0, 0.1) is 11.6 Å². The smallest absolute Gasteiger partial charge is 0.247 e. The lowest BCUT2D eigenvalue weighted by Gasteiger charge is -2.23. The van der Waals surface area contributed by atoms with Gasteiger partial charge in [0.2, 0.25) is 10.0 Å². The number of ether oxygens (including phenoxy) is 1. The molecular weight excluding hydrogens is 344 g/mol. The first kappa shape index (κ1) is 14.8. The second-order valence-corrected chi connectivity index (χ2v) is 7.03. The maximum absolute atomic E-state index is 13.7. The molecule has 2 rings (SSSR count). The average molecular weight is 356 g/mol. The number of benzene rings is 1. The average Bonchev–Trinajstić information content (AvgIpc) is 2.78.